The van der Waals surface area contributed by atoms with Gasteiger partial charge in [0.05, 0.1) is 39.0 Å². The Hall–Kier alpha value is -3.07. The van der Waals surface area contributed by atoms with E-state index in [-0.39, 0.29) is 119 Å². The Morgan fingerprint density at radius 3 is 1.83 bits per heavy atom. The highest BCUT2D eigenvalue weighted by molar-refractivity contribution is 5.89. The smallest absolute Gasteiger partial charge is 0.306 e. The van der Waals surface area contributed by atoms with Gasteiger partial charge in [-0.3, -0.25) is 28.8 Å². The third-order valence-corrected chi connectivity index (χ3v) is 7.30. The van der Waals surface area contributed by atoms with Gasteiger partial charge in [0.15, 0.2) is 5.78 Å². The van der Waals surface area contributed by atoms with E-state index < -0.39 is 17.3 Å². The molecule has 0 spiro atoms. The molecule has 0 aromatic rings. The Balaban J connectivity index is 3.65. The third kappa shape index (κ3) is 26.0. The summed E-state index contributed by atoms with van der Waals surface area (Å²) in [6.45, 7) is 10.5. The molecule has 14 nitrogen and oxygen atoms in total. The fourth-order valence-corrected chi connectivity index (χ4v) is 4.32. The topological polar surface area (TPSA) is 201 Å². The van der Waals surface area contributed by atoms with Crippen LogP contribution in [0.2, 0.25) is 0 Å². The number of nitrogens with one attached hydrogen (secondary N) is 2. The van der Waals surface area contributed by atoms with Gasteiger partial charge in [0.1, 0.15) is 30.6 Å². The minimum Gasteiger partial charge on any atom is -0.481 e. The Labute approximate surface area is 284 Å². The number of carbonyl (C=O) groups excluding carboxylic acids is 6. The van der Waals surface area contributed by atoms with Gasteiger partial charge in [0, 0.05) is 56.7 Å². The highest BCUT2D eigenvalue weighted by atomic mass is 16.5. The van der Waals surface area contributed by atoms with Crippen LogP contribution in [0.25, 0.3) is 0 Å². The lowest BCUT2D eigenvalue weighted by atomic mass is 9.82. The number of Topliss-reactive ketones (excluding diaryl/α,β-unsaturated/α-hetero) is 4. The van der Waals surface area contributed by atoms with Crippen LogP contribution in [-0.4, -0.2) is 112 Å². The normalized spacial score (nSPS) is 12.6. The van der Waals surface area contributed by atoms with E-state index in [0.717, 1.165) is 6.42 Å². The molecule has 276 valence electrons. The van der Waals surface area contributed by atoms with Crippen LogP contribution in [0.1, 0.15) is 92.4 Å². The minimum atomic E-state index is -1.09. The number of carboxylic acid groups (broad SMARTS) is 1. The van der Waals surface area contributed by atoms with Crippen LogP contribution >= 0.6 is 0 Å². The van der Waals surface area contributed by atoms with Crippen molar-refractivity contribution >= 4 is 40.9 Å². The van der Waals surface area contributed by atoms with Gasteiger partial charge in [-0.25, -0.2) is 0 Å². The van der Waals surface area contributed by atoms with Crippen molar-refractivity contribution in [2.45, 2.75) is 92.4 Å². The van der Waals surface area contributed by atoms with Gasteiger partial charge in [0.2, 0.25) is 11.8 Å². The Morgan fingerprint density at radius 1 is 0.625 bits per heavy atom. The van der Waals surface area contributed by atoms with Gasteiger partial charge in [0.25, 0.3) is 0 Å². The molecule has 0 aliphatic rings. The zero-order valence-electron chi connectivity index (χ0n) is 29.5. The van der Waals surface area contributed by atoms with Crippen LogP contribution in [0.4, 0.5) is 0 Å². The quantitative estimate of drug-likeness (QED) is 0.0902. The number of carboxylic acids is 1. The molecular weight excluding hydrogens is 628 g/mol. The average molecular weight is 687 g/mol. The summed E-state index contributed by atoms with van der Waals surface area (Å²) in [5.74, 6) is -3.02. The molecule has 0 saturated carbocycles. The van der Waals surface area contributed by atoms with Crippen molar-refractivity contribution in [3.63, 3.8) is 0 Å². The maximum absolute atomic E-state index is 12.2. The molecule has 0 aliphatic heterocycles. The molecule has 0 radical (unpaired) electrons. The van der Waals surface area contributed by atoms with Crippen molar-refractivity contribution < 1.29 is 57.6 Å². The van der Waals surface area contributed by atoms with Crippen LogP contribution in [-0.2, 0) is 52.5 Å². The van der Waals surface area contributed by atoms with E-state index in [9.17, 15) is 33.6 Å². The first-order valence-corrected chi connectivity index (χ1v) is 16.8. The summed E-state index contributed by atoms with van der Waals surface area (Å²) in [5, 5.41) is 14.5. The second-order valence-electron chi connectivity index (χ2n) is 12.8. The van der Waals surface area contributed by atoms with Crippen molar-refractivity contribution in [3.8, 4) is 0 Å². The first kappa shape index (κ1) is 44.9. The van der Waals surface area contributed by atoms with Crippen LogP contribution < -0.4 is 10.6 Å². The molecular formula is C34H58N2O12. The zero-order chi connectivity index (χ0) is 36.4. The first-order valence-electron chi connectivity index (χ1n) is 16.8. The lowest BCUT2D eigenvalue weighted by molar-refractivity contribution is -0.144. The molecule has 2 atom stereocenters. The highest BCUT2D eigenvalue weighted by Crippen LogP contribution is 2.23. The second kappa shape index (κ2) is 26.8. The lowest BCUT2D eigenvalue weighted by Crippen LogP contribution is -2.29. The summed E-state index contributed by atoms with van der Waals surface area (Å²) >= 11 is 0. The van der Waals surface area contributed by atoms with Gasteiger partial charge in [-0.2, -0.15) is 0 Å². The molecule has 0 aliphatic carbocycles. The van der Waals surface area contributed by atoms with E-state index in [0.29, 0.717) is 38.8 Å². The molecule has 0 rings (SSSR count). The average Bonchev–Trinajstić information content (AvgIpc) is 2.99. The highest BCUT2D eigenvalue weighted by Gasteiger charge is 2.26. The number of hydrogen-bond donors (Lipinski definition) is 3. The van der Waals surface area contributed by atoms with E-state index in [2.05, 4.69) is 10.6 Å². The molecule has 0 aromatic carbocycles. The second-order valence-corrected chi connectivity index (χ2v) is 12.8. The maximum atomic E-state index is 12.2. The molecule has 0 bridgehead atoms. The first-order chi connectivity index (χ1) is 22.6. The molecule has 14 heteroatoms. The number of unbranched alkanes of at least 4 members (excludes halogenated alkanes) is 1. The molecule has 0 fully saturated rings. The number of aliphatic carboxylic acids is 1. The standard InChI is InChI=1S/C34H58N2O12/c1-25(37)21-28(33(43)44)11-12-31(41)36-14-16-46-18-19-47-23-29(39)10-8-15-45-17-20-48-24-32(42)35-13-7-6-9-27(26(2)38)22-30(40)34(3,4)5/h27-28H,6-24H2,1-5H3,(H,35,42)(H,36,41)(H,43,44)/t27-,28?/m1/s1. The van der Waals surface area contributed by atoms with Gasteiger partial charge >= 0.3 is 5.97 Å². The van der Waals surface area contributed by atoms with Gasteiger partial charge in [-0.15, -0.1) is 0 Å². The molecule has 0 heterocycles. The van der Waals surface area contributed by atoms with Crippen molar-refractivity contribution in [1.29, 1.82) is 0 Å². The number of ketones is 4. The third-order valence-electron chi connectivity index (χ3n) is 7.30. The lowest BCUT2D eigenvalue weighted by Gasteiger charge is -2.20. The summed E-state index contributed by atoms with van der Waals surface area (Å²) < 4.78 is 21.4. The molecule has 48 heavy (non-hydrogen) atoms. The van der Waals surface area contributed by atoms with Gasteiger partial charge < -0.3 is 39.5 Å². The largest absolute Gasteiger partial charge is 0.481 e. The van der Waals surface area contributed by atoms with E-state index in [1.165, 1.54) is 13.8 Å². The van der Waals surface area contributed by atoms with E-state index in [1.54, 1.807) is 0 Å². The molecule has 0 aromatic heterocycles. The molecule has 2 amide bonds. The fourth-order valence-electron chi connectivity index (χ4n) is 4.32. The predicted octanol–water partition coefficient (Wildman–Crippen LogP) is 2.48. The number of rotatable bonds is 31. The number of carbonyl (C=O) groups is 7. The van der Waals surface area contributed by atoms with Crippen LogP contribution in [0.5, 0.6) is 0 Å². The van der Waals surface area contributed by atoms with E-state index in [1.807, 2.05) is 20.8 Å². The molecule has 0 saturated heterocycles. The molecule has 1 unspecified atom stereocenters. The van der Waals surface area contributed by atoms with Gasteiger partial charge in [-0.05, 0) is 39.5 Å². The minimum absolute atomic E-state index is 0.00509. The summed E-state index contributed by atoms with van der Waals surface area (Å²) in [6, 6.07) is 0. The van der Waals surface area contributed by atoms with Gasteiger partial charge in [-0.1, -0.05) is 27.2 Å². The number of amides is 2. The molecule has 3 N–H and O–H groups in total. The van der Waals surface area contributed by atoms with Crippen LogP contribution in [0, 0.1) is 17.3 Å². The Morgan fingerprint density at radius 2 is 1.23 bits per heavy atom. The van der Waals surface area contributed by atoms with Crippen LogP contribution in [0.3, 0.4) is 0 Å². The van der Waals surface area contributed by atoms with Crippen molar-refractivity contribution in [3.05, 3.63) is 0 Å². The van der Waals surface area contributed by atoms with Crippen molar-refractivity contribution in [2.24, 2.45) is 17.3 Å². The monoisotopic (exact) mass is 686 g/mol. The zero-order valence-corrected chi connectivity index (χ0v) is 29.5. The SMILES string of the molecule is CC(=O)CC(CCC(=O)NCCOCCOCC(=O)CCCOCCOCC(=O)NCCCC[C@H](CC(=O)C(C)(C)C)C(C)=O)C(=O)O. The van der Waals surface area contributed by atoms with Crippen molar-refractivity contribution in [1.82, 2.24) is 10.6 Å². The van der Waals surface area contributed by atoms with Crippen LogP contribution in [0.15, 0.2) is 0 Å². The van der Waals surface area contributed by atoms with E-state index in [4.69, 9.17) is 24.1 Å². The summed E-state index contributed by atoms with van der Waals surface area (Å²) in [4.78, 5) is 82.0. The number of hydrogen-bond acceptors (Lipinski definition) is 11. The summed E-state index contributed by atoms with van der Waals surface area (Å²) in [7, 11) is 0. The predicted molar refractivity (Wildman–Crippen MR) is 176 cm³/mol. The maximum Gasteiger partial charge on any atom is 0.306 e. The summed E-state index contributed by atoms with van der Waals surface area (Å²) in [6.07, 6.45) is 3.12. The fraction of sp³-hybridized carbons (Fsp3) is 0.794. The Bertz CT molecular complexity index is 1010. The van der Waals surface area contributed by atoms with Crippen molar-refractivity contribution in [2.75, 3.05) is 65.9 Å². The van der Waals surface area contributed by atoms with E-state index >= 15 is 0 Å². The Kier molecular flexibility index (Phi) is 25.1. The number of ether oxygens (including phenoxy) is 4. The summed E-state index contributed by atoms with van der Waals surface area (Å²) in [5.41, 5.74) is -0.465.